The lowest BCUT2D eigenvalue weighted by atomic mass is 10.1. The lowest BCUT2D eigenvalue weighted by Crippen LogP contribution is -2.49. The molecule has 2 aromatic carbocycles. The molecule has 5 heteroatoms. The van der Waals surface area contributed by atoms with Crippen LogP contribution in [0.5, 0.6) is 0 Å². The molecule has 6 rings (SSSR count). The molecule has 2 aliphatic rings. The van der Waals surface area contributed by atoms with E-state index in [0.29, 0.717) is 18.1 Å². The number of para-hydroxylation sites is 1. The maximum Gasteiger partial charge on any atom is 0.127 e. The van der Waals surface area contributed by atoms with Crippen molar-refractivity contribution in [2.75, 3.05) is 23.3 Å². The monoisotopic (exact) mass is 463 g/mol. The molecule has 2 aromatic heterocycles. The van der Waals surface area contributed by atoms with Crippen LogP contribution < -0.4 is 10.2 Å². The molecule has 0 amide bonds. The summed E-state index contributed by atoms with van der Waals surface area (Å²) in [6.07, 6.45) is 3.13. The van der Waals surface area contributed by atoms with E-state index >= 15 is 0 Å². The van der Waals surface area contributed by atoms with Crippen molar-refractivity contribution in [3.05, 3.63) is 84.6 Å². The zero-order valence-electron chi connectivity index (χ0n) is 20.7. The van der Waals surface area contributed by atoms with Gasteiger partial charge >= 0.3 is 0 Å². The van der Waals surface area contributed by atoms with Gasteiger partial charge in [0.15, 0.2) is 0 Å². The molecule has 2 aliphatic heterocycles. The normalized spacial score (nSPS) is 20.6. The number of rotatable bonds is 6. The van der Waals surface area contributed by atoms with Gasteiger partial charge in [0.25, 0.3) is 0 Å². The standard InChI is InChI=1S/C30H33N5/c1-20(2)34-18-25-16-24(34)19-35(25)29-17-28(33-27-12-8-7-11-26(27)29)23-13-14-31-30(15-23)32-21(3)22-9-5-4-6-10-22/h4-15,17,20-21,24-25H,16,18-19H2,1-3H3,(H,31,32)/t21-,24?,25?/m0/s1. The van der Waals surface area contributed by atoms with Gasteiger partial charge in [-0.05, 0) is 57.0 Å². The van der Waals surface area contributed by atoms with Crippen molar-refractivity contribution >= 4 is 22.4 Å². The Kier molecular flexibility index (Phi) is 5.65. The molecule has 0 radical (unpaired) electrons. The number of pyridine rings is 2. The molecular formula is C30H33N5. The van der Waals surface area contributed by atoms with Crippen LogP contribution in [-0.4, -0.2) is 46.1 Å². The average molecular weight is 464 g/mol. The third-order valence-electron chi connectivity index (χ3n) is 7.67. The van der Waals surface area contributed by atoms with E-state index in [1.54, 1.807) is 0 Å². The van der Waals surface area contributed by atoms with Crippen LogP contribution in [0.15, 0.2) is 79.0 Å². The highest BCUT2D eigenvalue weighted by molar-refractivity contribution is 5.94. The minimum absolute atomic E-state index is 0.170. The van der Waals surface area contributed by atoms with Crippen LogP contribution in [0, 0.1) is 0 Å². The van der Waals surface area contributed by atoms with Crippen molar-refractivity contribution < 1.29 is 0 Å². The van der Waals surface area contributed by atoms with Crippen molar-refractivity contribution in [3.8, 4) is 11.3 Å². The summed E-state index contributed by atoms with van der Waals surface area (Å²) in [4.78, 5) is 15.0. The van der Waals surface area contributed by atoms with E-state index in [1.807, 2.05) is 12.3 Å². The first kappa shape index (κ1) is 22.1. The molecule has 4 heterocycles. The number of hydrogen-bond donors (Lipinski definition) is 1. The first-order chi connectivity index (χ1) is 17.1. The van der Waals surface area contributed by atoms with E-state index in [9.17, 15) is 0 Å². The Balaban J connectivity index is 1.34. The van der Waals surface area contributed by atoms with E-state index < -0.39 is 0 Å². The molecule has 35 heavy (non-hydrogen) atoms. The van der Waals surface area contributed by atoms with Crippen molar-refractivity contribution in [1.29, 1.82) is 0 Å². The Morgan fingerprint density at radius 2 is 1.69 bits per heavy atom. The maximum atomic E-state index is 5.07. The molecule has 2 fully saturated rings. The second-order valence-corrected chi connectivity index (χ2v) is 10.2. The van der Waals surface area contributed by atoms with E-state index in [0.717, 1.165) is 35.7 Å². The SMILES string of the molecule is CC(C)N1CC2CC1CN2c1cc(-c2ccnc(N[C@@H](C)c3ccccc3)c2)nc2ccccc12. The Bertz CT molecular complexity index is 1340. The van der Waals surface area contributed by atoms with Crippen LogP contribution in [0.25, 0.3) is 22.2 Å². The number of hydrogen-bond acceptors (Lipinski definition) is 5. The highest BCUT2D eigenvalue weighted by atomic mass is 15.4. The summed E-state index contributed by atoms with van der Waals surface area (Å²) in [5.74, 6) is 0.864. The Labute approximate surface area is 207 Å². The lowest BCUT2D eigenvalue weighted by molar-refractivity contribution is 0.191. The molecule has 1 N–H and O–H groups in total. The molecule has 2 saturated heterocycles. The molecule has 3 atom stereocenters. The zero-order valence-corrected chi connectivity index (χ0v) is 20.7. The van der Waals surface area contributed by atoms with E-state index in [-0.39, 0.29) is 6.04 Å². The second-order valence-electron chi connectivity index (χ2n) is 10.2. The molecule has 178 valence electrons. The molecule has 0 aliphatic carbocycles. The number of nitrogens with zero attached hydrogens (tertiary/aromatic N) is 4. The van der Waals surface area contributed by atoms with E-state index in [1.165, 1.54) is 23.1 Å². The van der Waals surface area contributed by atoms with E-state index in [2.05, 4.69) is 108 Å². The Hall–Kier alpha value is -3.44. The van der Waals surface area contributed by atoms with Crippen molar-refractivity contribution in [2.45, 2.75) is 51.4 Å². The maximum absolute atomic E-state index is 5.07. The van der Waals surface area contributed by atoms with Crippen molar-refractivity contribution in [3.63, 3.8) is 0 Å². The minimum atomic E-state index is 0.170. The van der Waals surface area contributed by atoms with Crippen LogP contribution in [-0.2, 0) is 0 Å². The fourth-order valence-electron chi connectivity index (χ4n) is 5.88. The predicted octanol–water partition coefficient (Wildman–Crippen LogP) is 6.14. The third-order valence-corrected chi connectivity index (χ3v) is 7.67. The molecule has 0 spiro atoms. The van der Waals surface area contributed by atoms with Gasteiger partial charge in [-0.3, -0.25) is 4.90 Å². The van der Waals surface area contributed by atoms with Gasteiger partial charge in [-0.1, -0.05) is 48.5 Å². The summed E-state index contributed by atoms with van der Waals surface area (Å²) in [5.41, 5.74) is 5.69. The predicted molar refractivity (Wildman–Crippen MR) is 145 cm³/mol. The van der Waals surface area contributed by atoms with Crippen LogP contribution in [0.3, 0.4) is 0 Å². The number of likely N-dealkylation sites (tertiary alicyclic amines) is 1. The molecule has 2 unspecified atom stereocenters. The quantitative estimate of drug-likeness (QED) is 0.372. The summed E-state index contributed by atoms with van der Waals surface area (Å²) in [7, 11) is 0. The van der Waals surface area contributed by atoms with Gasteiger partial charge in [0.1, 0.15) is 5.82 Å². The first-order valence-corrected chi connectivity index (χ1v) is 12.8. The number of aromatic nitrogens is 2. The largest absolute Gasteiger partial charge is 0.365 e. The van der Waals surface area contributed by atoms with Crippen LogP contribution in [0.1, 0.15) is 38.8 Å². The van der Waals surface area contributed by atoms with Crippen molar-refractivity contribution in [1.82, 2.24) is 14.9 Å². The number of benzene rings is 2. The molecule has 4 aromatic rings. The average Bonchev–Trinajstić information content (AvgIpc) is 3.50. The smallest absolute Gasteiger partial charge is 0.127 e. The van der Waals surface area contributed by atoms with Gasteiger partial charge in [-0.2, -0.15) is 0 Å². The van der Waals surface area contributed by atoms with Crippen molar-refractivity contribution in [2.24, 2.45) is 0 Å². The van der Waals surface area contributed by atoms with Crippen LogP contribution in [0.4, 0.5) is 11.5 Å². The summed E-state index contributed by atoms with van der Waals surface area (Å²) in [6.45, 7) is 9.04. The summed E-state index contributed by atoms with van der Waals surface area (Å²) in [6, 6.07) is 27.5. The summed E-state index contributed by atoms with van der Waals surface area (Å²) >= 11 is 0. The van der Waals surface area contributed by atoms with Gasteiger partial charge in [0.2, 0.25) is 0 Å². The number of fused-ring (bicyclic) bond motifs is 3. The van der Waals surface area contributed by atoms with Gasteiger partial charge in [0.05, 0.1) is 11.2 Å². The Morgan fingerprint density at radius 3 is 2.46 bits per heavy atom. The highest BCUT2D eigenvalue weighted by Gasteiger charge is 2.44. The topological polar surface area (TPSA) is 44.3 Å². The molecule has 5 nitrogen and oxygen atoms in total. The van der Waals surface area contributed by atoms with E-state index in [4.69, 9.17) is 4.98 Å². The highest BCUT2D eigenvalue weighted by Crippen LogP contribution is 2.40. The van der Waals surface area contributed by atoms with Crippen LogP contribution in [0.2, 0.25) is 0 Å². The molecular weight excluding hydrogens is 430 g/mol. The lowest BCUT2D eigenvalue weighted by Gasteiger charge is -2.38. The minimum Gasteiger partial charge on any atom is -0.365 e. The Morgan fingerprint density at radius 1 is 0.886 bits per heavy atom. The zero-order chi connectivity index (χ0) is 23.9. The number of anilines is 2. The molecule has 2 bridgehead atoms. The number of piperazine rings is 1. The van der Waals surface area contributed by atoms with Gasteiger partial charge < -0.3 is 10.2 Å². The van der Waals surface area contributed by atoms with Gasteiger partial charge in [-0.15, -0.1) is 0 Å². The second kappa shape index (κ2) is 8.97. The molecule has 0 saturated carbocycles. The fraction of sp³-hybridized carbons (Fsp3) is 0.333. The van der Waals surface area contributed by atoms with Crippen LogP contribution >= 0.6 is 0 Å². The summed E-state index contributed by atoms with van der Waals surface area (Å²) < 4.78 is 0. The van der Waals surface area contributed by atoms with Gasteiger partial charge in [0, 0.05) is 60.1 Å². The number of nitrogens with one attached hydrogen (secondary N) is 1. The third kappa shape index (κ3) is 4.14. The van der Waals surface area contributed by atoms with Gasteiger partial charge in [-0.25, -0.2) is 9.97 Å². The first-order valence-electron chi connectivity index (χ1n) is 12.8. The fourth-order valence-corrected chi connectivity index (χ4v) is 5.88. The summed E-state index contributed by atoms with van der Waals surface area (Å²) in [5, 5.41) is 4.80.